The van der Waals surface area contributed by atoms with Gasteiger partial charge in [0.15, 0.2) is 0 Å². The highest BCUT2D eigenvalue weighted by molar-refractivity contribution is 6.30. The third kappa shape index (κ3) is 3.41. The van der Waals surface area contributed by atoms with Crippen molar-refractivity contribution in [3.63, 3.8) is 0 Å². The highest BCUT2D eigenvalue weighted by atomic mass is 35.5. The van der Waals surface area contributed by atoms with Crippen LogP contribution in [0.4, 0.5) is 0 Å². The molecule has 122 valence electrons. The first kappa shape index (κ1) is 16.8. The predicted molar refractivity (Wildman–Crippen MR) is 95.9 cm³/mol. The molecule has 2 N–H and O–H groups in total. The third-order valence-electron chi connectivity index (χ3n) is 4.95. The van der Waals surface area contributed by atoms with Crippen molar-refractivity contribution in [3.8, 4) is 0 Å². The molecule has 0 bridgehead atoms. The average molecular weight is 350 g/mol. The summed E-state index contributed by atoms with van der Waals surface area (Å²) in [6, 6.07) is 15.9. The minimum absolute atomic E-state index is 0.0825. The molecule has 1 aliphatic rings. The second-order valence-corrected chi connectivity index (χ2v) is 7.31. The molecule has 1 fully saturated rings. The van der Waals surface area contributed by atoms with E-state index in [2.05, 4.69) is 19.2 Å². The molecule has 1 unspecified atom stereocenters. The lowest BCUT2D eigenvalue weighted by atomic mass is 9.75. The van der Waals surface area contributed by atoms with E-state index in [0.29, 0.717) is 0 Å². The van der Waals surface area contributed by atoms with Crippen molar-refractivity contribution in [2.45, 2.75) is 32.0 Å². The number of halogens is 2. The number of aliphatic hydroxyl groups excluding tert-OH is 1. The van der Waals surface area contributed by atoms with Gasteiger partial charge in [-0.1, -0.05) is 61.3 Å². The second kappa shape index (κ2) is 6.82. The fourth-order valence-corrected chi connectivity index (χ4v) is 3.76. The second-order valence-electron chi connectivity index (χ2n) is 6.43. The monoisotopic (exact) mass is 349 g/mol. The summed E-state index contributed by atoms with van der Waals surface area (Å²) in [5.74, 6) is 0.240. The maximum atomic E-state index is 10.7. The molecule has 0 saturated carbocycles. The van der Waals surface area contributed by atoms with Crippen LogP contribution in [0, 0.1) is 11.8 Å². The number of hydrogen-bond donors (Lipinski definition) is 2. The van der Waals surface area contributed by atoms with E-state index >= 15 is 0 Å². The molecule has 23 heavy (non-hydrogen) atoms. The van der Waals surface area contributed by atoms with E-state index < -0.39 is 0 Å². The van der Waals surface area contributed by atoms with Crippen LogP contribution in [-0.2, 0) is 0 Å². The number of aliphatic hydroxyl groups is 1. The van der Waals surface area contributed by atoms with Crippen molar-refractivity contribution in [3.05, 3.63) is 69.7 Å². The number of hydrogen-bond acceptors (Lipinski definition) is 2. The molecular weight excluding hydrogens is 329 g/mol. The number of piperidine rings is 1. The van der Waals surface area contributed by atoms with E-state index in [1.54, 1.807) is 0 Å². The molecule has 4 heteroatoms. The van der Waals surface area contributed by atoms with Gasteiger partial charge in [-0.25, -0.2) is 0 Å². The van der Waals surface area contributed by atoms with Crippen LogP contribution in [0.25, 0.3) is 0 Å². The van der Waals surface area contributed by atoms with E-state index in [1.165, 1.54) is 0 Å². The fourth-order valence-electron chi connectivity index (χ4n) is 3.51. The smallest absolute Gasteiger partial charge is 0.0627 e. The number of rotatable bonds is 2. The highest BCUT2D eigenvalue weighted by Crippen LogP contribution is 2.40. The van der Waals surface area contributed by atoms with Gasteiger partial charge in [0.1, 0.15) is 0 Å². The fraction of sp³-hybridized carbons (Fsp3) is 0.368. The van der Waals surface area contributed by atoms with E-state index in [9.17, 15) is 5.11 Å². The first-order chi connectivity index (χ1) is 11.0. The Labute approximate surface area is 147 Å². The van der Waals surface area contributed by atoms with Gasteiger partial charge in [0.05, 0.1) is 6.10 Å². The third-order valence-corrected chi connectivity index (χ3v) is 5.45. The van der Waals surface area contributed by atoms with Crippen LogP contribution >= 0.6 is 23.2 Å². The summed E-state index contributed by atoms with van der Waals surface area (Å²) in [6.45, 7) is 4.18. The highest BCUT2D eigenvalue weighted by Gasteiger charge is 2.40. The lowest BCUT2D eigenvalue weighted by molar-refractivity contribution is -0.00676. The van der Waals surface area contributed by atoms with Crippen LogP contribution in [0.1, 0.15) is 37.1 Å². The summed E-state index contributed by atoms with van der Waals surface area (Å²) >= 11 is 12.0. The zero-order valence-corrected chi connectivity index (χ0v) is 14.7. The number of nitrogens with one attached hydrogen (secondary N) is 1. The van der Waals surface area contributed by atoms with Crippen molar-refractivity contribution < 1.29 is 5.11 Å². The van der Waals surface area contributed by atoms with Crippen LogP contribution in [-0.4, -0.2) is 11.2 Å². The van der Waals surface area contributed by atoms with Crippen molar-refractivity contribution in [2.24, 2.45) is 11.8 Å². The van der Waals surface area contributed by atoms with Crippen molar-refractivity contribution >= 4 is 23.2 Å². The molecule has 2 aromatic rings. The van der Waals surface area contributed by atoms with Crippen LogP contribution in [0.3, 0.4) is 0 Å². The van der Waals surface area contributed by atoms with Crippen molar-refractivity contribution in [2.75, 3.05) is 0 Å². The van der Waals surface area contributed by atoms with Gasteiger partial charge >= 0.3 is 0 Å². The normalized spacial score (nSPS) is 31.1. The summed E-state index contributed by atoms with van der Waals surface area (Å²) < 4.78 is 0. The van der Waals surface area contributed by atoms with Crippen LogP contribution < -0.4 is 5.32 Å². The maximum absolute atomic E-state index is 10.7. The predicted octanol–water partition coefficient (Wildman–Crippen LogP) is 5.01. The Morgan fingerprint density at radius 3 is 1.43 bits per heavy atom. The summed E-state index contributed by atoms with van der Waals surface area (Å²) in [5.41, 5.74) is 2.29. The minimum atomic E-state index is -0.377. The van der Waals surface area contributed by atoms with Crippen LogP contribution in [0.2, 0.25) is 10.0 Å². The van der Waals surface area contributed by atoms with Crippen LogP contribution in [0.15, 0.2) is 48.5 Å². The molecule has 2 aromatic carbocycles. The first-order valence-corrected chi connectivity index (χ1v) is 8.68. The molecule has 0 spiro atoms. The molecule has 1 aliphatic heterocycles. The van der Waals surface area contributed by atoms with E-state index in [4.69, 9.17) is 23.2 Å². The van der Waals surface area contributed by atoms with Gasteiger partial charge in [-0.15, -0.1) is 0 Å². The average Bonchev–Trinajstić information content (AvgIpc) is 2.55. The molecule has 1 heterocycles. The molecule has 2 nitrogen and oxygen atoms in total. The van der Waals surface area contributed by atoms with Crippen LogP contribution in [0.5, 0.6) is 0 Å². The van der Waals surface area contributed by atoms with E-state index in [0.717, 1.165) is 21.2 Å². The maximum Gasteiger partial charge on any atom is 0.0627 e. The topological polar surface area (TPSA) is 32.3 Å². The quantitative estimate of drug-likeness (QED) is 0.798. The molecule has 0 aromatic heterocycles. The zero-order chi connectivity index (χ0) is 16.6. The lowest BCUT2D eigenvalue weighted by Crippen LogP contribution is -2.48. The largest absolute Gasteiger partial charge is 0.392 e. The first-order valence-electron chi connectivity index (χ1n) is 7.92. The number of benzene rings is 2. The Morgan fingerprint density at radius 2 is 1.09 bits per heavy atom. The van der Waals surface area contributed by atoms with Gasteiger partial charge in [0, 0.05) is 34.0 Å². The molecule has 3 rings (SSSR count). The van der Waals surface area contributed by atoms with Crippen molar-refractivity contribution in [1.82, 2.24) is 5.32 Å². The Balaban J connectivity index is 1.92. The lowest BCUT2D eigenvalue weighted by Gasteiger charge is -2.44. The van der Waals surface area contributed by atoms with Gasteiger partial charge in [-0.2, -0.15) is 0 Å². The van der Waals surface area contributed by atoms with Gasteiger partial charge in [-0.3, -0.25) is 0 Å². The summed E-state index contributed by atoms with van der Waals surface area (Å²) in [6.07, 6.45) is -0.377. The molecule has 5 atom stereocenters. The zero-order valence-electron chi connectivity index (χ0n) is 13.2. The van der Waals surface area contributed by atoms with E-state index in [-0.39, 0.29) is 30.0 Å². The minimum Gasteiger partial charge on any atom is -0.392 e. The van der Waals surface area contributed by atoms with E-state index in [1.807, 2.05) is 48.5 Å². The molecule has 0 aliphatic carbocycles. The molecule has 0 amide bonds. The Hall–Kier alpha value is -1.06. The summed E-state index contributed by atoms with van der Waals surface area (Å²) in [4.78, 5) is 0. The Kier molecular flexibility index (Phi) is 4.98. The molecule has 1 saturated heterocycles. The molecule has 0 radical (unpaired) electrons. The Morgan fingerprint density at radius 1 is 0.739 bits per heavy atom. The van der Waals surface area contributed by atoms with Gasteiger partial charge in [0.25, 0.3) is 0 Å². The molecular formula is C19H21Cl2NO. The van der Waals surface area contributed by atoms with Gasteiger partial charge in [0.2, 0.25) is 0 Å². The SMILES string of the molecule is C[C@@H]1C(O)[C@H](C)[C@H](c2ccc(Cl)cc2)N[C@@H]1c1ccc(Cl)cc1. The summed E-state index contributed by atoms with van der Waals surface area (Å²) in [5, 5.41) is 15.9. The van der Waals surface area contributed by atoms with Crippen molar-refractivity contribution in [1.29, 1.82) is 0 Å². The standard InChI is InChI=1S/C19H21Cl2NO/c1-11-17(13-3-7-15(20)8-4-13)22-18(12(2)19(11)23)14-5-9-16(21)10-6-14/h3-12,17-19,22-23H,1-2H3/t11-,12+,17-,18+,19?. The van der Waals surface area contributed by atoms with Gasteiger partial charge < -0.3 is 10.4 Å². The van der Waals surface area contributed by atoms with Gasteiger partial charge in [-0.05, 0) is 35.4 Å². The summed E-state index contributed by atoms with van der Waals surface area (Å²) in [7, 11) is 0. The Bertz CT molecular complexity index is 599.